The SMILES string of the molecule is [2H]C([2H])([2H])c1cnc(-c2[c-]ccc3c2oc2cc4c(cc23)-c2ccccc2[Si]4(C)C)cc1C([2H])([2H])[2H].[CH3][Ge]([CH3])([CH3])[c]1ccc(-c2[c-]cccc2)nc1.[Ir]. The van der Waals surface area contributed by atoms with E-state index >= 15 is 0 Å². The van der Waals surface area contributed by atoms with Crippen LogP contribution in [0.5, 0.6) is 0 Å². The van der Waals surface area contributed by atoms with E-state index in [2.05, 4.69) is 101 Å². The summed E-state index contributed by atoms with van der Waals surface area (Å²) in [5.41, 5.74) is 6.19. The number of furan rings is 1. The van der Waals surface area contributed by atoms with E-state index in [1.807, 2.05) is 36.5 Å². The van der Waals surface area contributed by atoms with Crippen LogP contribution in [0.3, 0.4) is 0 Å². The number of nitrogens with zero attached hydrogens (tertiary/aromatic N) is 2. The molecular weight excluding hydrogens is 829 g/mol. The van der Waals surface area contributed by atoms with E-state index in [1.165, 1.54) is 32.0 Å². The monoisotopic (exact) mass is 875 g/mol. The molecule has 47 heavy (non-hydrogen) atoms. The zero-order valence-corrected chi connectivity index (χ0v) is 32.4. The first kappa shape index (κ1) is 26.4. The Morgan fingerprint density at radius 1 is 0.723 bits per heavy atom. The maximum atomic E-state index is 7.90. The maximum absolute atomic E-state index is 7.90. The molecule has 237 valence electrons. The van der Waals surface area contributed by atoms with Crippen molar-refractivity contribution in [1.82, 2.24) is 9.97 Å². The molecule has 1 aliphatic rings. The first-order valence-corrected chi connectivity index (χ1v) is 25.8. The Hall–Kier alpha value is -3.61. The van der Waals surface area contributed by atoms with Gasteiger partial charge in [0.25, 0.3) is 0 Å². The van der Waals surface area contributed by atoms with Crippen LogP contribution in [0, 0.1) is 25.8 Å². The van der Waals surface area contributed by atoms with Crippen molar-refractivity contribution in [3.05, 3.63) is 127 Å². The fourth-order valence-electron chi connectivity index (χ4n) is 6.27. The van der Waals surface area contributed by atoms with Gasteiger partial charge in [-0.15, -0.1) is 18.2 Å². The van der Waals surface area contributed by atoms with Crippen LogP contribution in [0.15, 0.2) is 108 Å². The van der Waals surface area contributed by atoms with Gasteiger partial charge in [0.15, 0.2) is 0 Å². The minimum Gasteiger partial charge on any atom is 0 e. The van der Waals surface area contributed by atoms with E-state index in [-0.39, 0.29) is 31.2 Å². The first-order chi connectivity index (χ1) is 24.4. The number of hydrogen-bond acceptors (Lipinski definition) is 3. The van der Waals surface area contributed by atoms with Crippen molar-refractivity contribution in [2.24, 2.45) is 0 Å². The molecule has 3 nitrogen and oxygen atoms in total. The number of hydrogen-bond donors (Lipinski definition) is 0. The molecule has 4 aromatic carbocycles. The molecule has 3 aromatic heterocycles. The van der Waals surface area contributed by atoms with E-state index in [1.54, 1.807) is 6.07 Å². The molecule has 0 amide bonds. The Bertz CT molecular complexity index is 2460. The number of aryl methyl sites for hydroxylation is 2. The largest absolute Gasteiger partial charge is 0 e. The predicted octanol–water partition coefficient (Wildman–Crippen LogP) is 8.96. The first-order valence-electron chi connectivity index (χ1n) is 18.4. The standard InChI is InChI=1S/C27H22NOSi.C14H16GeN.Ir/c1-16-12-23(28-15-17(16)2)20-10-7-9-19-21-13-22-18-8-5-6-11-25(18)30(3,4)26(22)14-24(21)29-27(19)20;1-15(2,3)13-9-10-14(16-11-13)12-7-5-4-6-8-12;/h5-9,11-15H,1-4H3;4-7,9-11H,1-3H3;/q2*-1;/i1D3,2D3;;. The molecule has 0 bridgehead atoms. The fourth-order valence-corrected chi connectivity index (χ4v) is 11.5. The van der Waals surface area contributed by atoms with Gasteiger partial charge >= 0.3 is 99.8 Å². The van der Waals surface area contributed by atoms with Gasteiger partial charge in [0, 0.05) is 39.9 Å². The molecular formula is C41H38GeIrN2OSi-2. The van der Waals surface area contributed by atoms with Crippen LogP contribution < -0.4 is 14.8 Å². The summed E-state index contributed by atoms with van der Waals surface area (Å²) in [5.74, 6) is 7.14. The molecule has 6 heteroatoms. The van der Waals surface area contributed by atoms with Crippen molar-refractivity contribution >= 4 is 58.0 Å². The molecule has 1 aliphatic heterocycles. The number of benzene rings is 4. The summed E-state index contributed by atoms with van der Waals surface area (Å²) in [6, 6.07) is 36.6. The van der Waals surface area contributed by atoms with Gasteiger partial charge in [-0.3, -0.25) is 0 Å². The molecule has 0 spiro atoms. The molecule has 7 aromatic rings. The number of rotatable bonds is 3. The number of pyridine rings is 2. The van der Waals surface area contributed by atoms with Crippen molar-refractivity contribution in [2.75, 3.05) is 0 Å². The molecule has 0 aliphatic carbocycles. The van der Waals surface area contributed by atoms with Crippen molar-refractivity contribution in [1.29, 1.82) is 0 Å². The molecule has 0 N–H and O–H groups in total. The van der Waals surface area contributed by atoms with Crippen LogP contribution in [0.2, 0.25) is 30.4 Å². The van der Waals surface area contributed by atoms with Crippen molar-refractivity contribution < 1.29 is 32.7 Å². The quantitative estimate of drug-likeness (QED) is 0.132. The minimum absolute atomic E-state index is 0. The summed E-state index contributed by atoms with van der Waals surface area (Å²) >= 11 is -1.72. The van der Waals surface area contributed by atoms with Crippen molar-refractivity contribution in [3.63, 3.8) is 0 Å². The Kier molecular flexibility index (Phi) is 7.16. The molecule has 0 atom stereocenters. The van der Waals surface area contributed by atoms with E-state index in [9.17, 15) is 0 Å². The van der Waals surface area contributed by atoms with Crippen molar-refractivity contribution in [3.8, 4) is 33.6 Å². The average Bonchev–Trinajstić information content (AvgIpc) is 3.58. The third kappa shape index (κ3) is 6.11. The van der Waals surface area contributed by atoms with Gasteiger partial charge < -0.3 is 9.40 Å². The molecule has 4 heterocycles. The Morgan fingerprint density at radius 2 is 1.51 bits per heavy atom. The molecule has 0 saturated heterocycles. The summed E-state index contributed by atoms with van der Waals surface area (Å²) in [4.78, 5) is 8.86. The second-order valence-electron chi connectivity index (χ2n) is 13.3. The van der Waals surface area contributed by atoms with Gasteiger partial charge in [-0.2, -0.15) is 0 Å². The van der Waals surface area contributed by atoms with Crippen molar-refractivity contribution in [2.45, 2.75) is 44.1 Å². The summed E-state index contributed by atoms with van der Waals surface area (Å²) < 4.78 is 54.7. The molecule has 8 rings (SSSR count). The summed E-state index contributed by atoms with van der Waals surface area (Å²) in [5, 5.41) is 4.59. The van der Waals surface area contributed by atoms with E-state index in [0.717, 1.165) is 33.8 Å². The Morgan fingerprint density at radius 3 is 2.23 bits per heavy atom. The predicted molar refractivity (Wildman–Crippen MR) is 199 cm³/mol. The number of aromatic nitrogens is 2. The third-order valence-electron chi connectivity index (χ3n) is 8.91. The summed E-state index contributed by atoms with van der Waals surface area (Å²) in [6.07, 6.45) is 3.18. The van der Waals surface area contributed by atoms with Crippen LogP contribution in [0.1, 0.15) is 19.4 Å². The third-order valence-corrected chi connectivity index (χ3v) is 16.7. The smallest absolute Gasteiger partial charge is 0 e. The molecule has 0 fully saturated rings. The van der Waals surface area contributed by atoms with Gasteiger partial charge in [-0.05, 0) is 58.6 Å². The van der Waals surface area contributed by atoms with Gasteiger partial charge in [0.2, 0.25) is 0 Å². The molecule has 0 saturated carbocycles. The number of fused-ring (bicyclic) bond motifs is 6. The van der Waals surface area contributed by atoms with Crippen LogP contribution in [-0.2, 0) is 20.1 Å². The minimum atomic E-state index is -2.60. The topological polar surface area (TPSA) is 38.9 Å². The van der Waals surface area contributed by atoms with Gasteiger partial charge in [-0.25, -0.2) is 0 Å². The van der Waals surface area contributed by atoms with Gasteiger partial charge in [-0.1, -0.05) is 59.9 Å². The maximum Gasteiger partial charge on any atom is 0 e. The van der Waals surface area contributed by atoms with Crippen LogP contribution in [0.4, 0.5) is 0 Å². The fraction of sp³-hybridized carbons (Fsp3) is 0.171. The van der Waals surface area contributed by atoms with Crippen LogP contribution in [0.25, 0.3) is 55.6 Å². The Labute approximate surface area is 303 Å². The van der Waals surface area contributed by atoms with E-state index in [4.69, 9.17) is 12.6 Å². The summed E-state index contributed by atoms with van der Waals surface area (Å²) in [6.45, 7) is -0.498. The Balaban J connectivity index is 0.000000238. The average molecular weight is 874 g/mol. The van der Waals surface area contributed by atoms with Gasteiger partial charge in [0.1, 0.15) is 13.7 Å². The van der Waals surface area contributed by atoms with E-state index in [0.29, 0.717) is 16.8 Å². The normalized spacial score (nSPS) is 15.4. The second kappa shape index (κ2) is 12.8. The van der Waals surface area contributed by atoms with Gasteiger partial charge in [0.05, 0.1) is 5.58 Å². The van der Waals surface area contributed by atoms with Crippen LogP contribution in [-0.4, -0.2) is 31.3 Å². The summed E-state index contributed by atoms with van der Waals surface area (Å²) in [7, 11) is -1.87. The van der Waals surface area contributed by atoms with Crippen LogP contribution >= 0.6 is 0 Å². The second-order valence-corrected chi connectivity index (χ2v) is 28.3. The zero-order valence-electron chi connectivity index (χ0n) is 33.0. The van der Waals surface area contributed by atoms with E-state index < -0.39 is 35.0 Å². The zero-order chi connectivity index (χ0) is 37.2. The molecule has 1 radical (unpaired) electrons. The molecule has 0 unspecified atom stereocenters.